The van der Waals surface area contributed by atoms with Crippen LogP contribution in [0, 0.1) is 12.3 Å². The Hall–Kier alpha value is -2.88. The van der Waals surface area contributed by atoms with Crippen LogP contribution >= 0.6 is 0 Å². The maximum absolute atomic E-state index is 13.0. The SMILES string of the molecule is CN/C=C(\C(C)=N)c1ccc(Cc2cc3c(cc2C)CN(C2CCCC2)C3=O)cc1. The van der Waals surface area contributed by atoms with E-state index in [4.69, 9.17) is 5.41 Å². The van der Waals surface area contributed by atoms with E-state index in [1.807, 2.05) is 13.2 Å². The third kappa shape index (κ3) is 3.91. The van der Waals surface area contributed by atoms with Crippen LogP contribution in [-0.2, 0) is 13.0 Å². The number of hydrogen-bond donors (Lipinski definition) is 2. The average Bonchev–Trinajstić information content (AvgIpc) is 3.36. The molecule has 4 rings (SSSR count). The fourth-order valence-corrected chi connectivity index (χ4v) is 4.83. The number of carbonyl (C=O) groups excluding carboxylic acids is 1. The van der Waals surface area contributed by atoms with Crippen LogP contribution < -0.4 is 5.32 Å². The van der Waals surface area contributed by atoms with Crippen LogP contribution in [-0.4, -0.2) is 29.6 Å². The molecule has 0 radical (unpaired) electrons. The second-order valence-electron chi connectivity index (χ2n) is 8.65. The zero-order valence-electron chi connectivity index (χ0n) is 18.2. The van der Waals surface area contributed by atoms with Crippen molar-refractivity contribution in [1.29, 1.82) is 5.41 Å². The van der Waals surface area contributed by atoms with Gasteiger partial charge >= 0.3 is 0 Å². The average molecular weight is 402 g/mol. The van der Waals surface area contributed by atoms with Crippen molar-refractivity contribution in [3.05, 3.63) is 76.0 Å². The normalized spacial score (nSPS) is 16.8. The van der Waals surface area contributed by atoms with Crippen LogP contribution in [0.25, 0.3) is 5.57 Å². The van der Waals surface area contributed by atoms with Gasteiger partial charge in [-0.2, -0.15) is 0 Å². The number of nitrogens with zero attached hydrogens (tertiary/aromatic N) is 1. The molecule has 4 heteroatoms. The van der Waals surface area contributed by atoms with Crippen molar-refractivity contribution in [2.45, 2.75) is 58.5 Å². The molecular formula is C26H31N3O. The molecule has 2 aliphatic rings. The van der Waals surface area contributed by atoms with E-state index in [0.717, 1.165) is 42.5 Å². The molecule has 1 aliphatic carbocycles. The van der Waals surface area contributed by atoms with E-state index in [2.05, 4.69) is 53.5 Å². The number of amides is 1. The number of fused-ring (bicyclic) bond motifs is 1. The number of rotatable bonds is 6. The molecule has 2 N–H and O–H groups in total. The summed E-state index contributed by atoms with van der Waals surface area (Å²) in [6.45, 7) is 4.73. The first kappa shape index (κ1) is 20.4. The summed E-state index contributed by atoms with van der Waals surface area (Å²) in [6, 6.07) is 13.2. The third-order valence-electron chi connectivity index (χ3n) is 6.51. The lowest BCUT2D eigenvalue weighted by molar-refractivity contribution is 0.0707. The van der Waals surface area contributed by atoms with Gasteiger partial charge in [0.05, 0.1) is 0 Å². The van der Waals surface area contributed by atoms with Crippen molar-refractivity contribution < 1.29 is 4.79 Å². The second-order valence-corrected chi connectivity index (χ2v) is 8.65. The lowest BCUT2D eigenvalue weighted by Gasteiger charge is -2.23. The van der Waals surface area contributed by atoms with Gasteiger partial charge in [0.2, 0.25) is 0 Å². The zero-order chi connectivity index (χ0) is 21.3. The van der Waals surface area contributed by atoms with Crippen molar-refractivity contribution in [2.24, 2.45) is 0 Å². The number of hydrogen-bond acceptors (Lipinski definition) is 3. The summed E-state index contributed by atoms with van der Waals surface area (Å²) < 4.78 is 0. The van der Waals surface area contributed by atoms with Gasteiger partial charge in [-0.3, -0.25) is 4.79 Å². The van der Waals surface area contributed by atoms with E-state index in [1.54, 1.807) is 6.92 Å². The van der Waals surface area contributed by atoms with E-state index < -0.39 is 0 Å². The quantitative estimate of drug-likeness (QED) is 0.663. The van der Waals surface area contributed by atoms with Crippen LogP contribution in [0.4, 0.5) is 0 Å². The first-order valence-corrected chi connectivity index (χ1v) is 10.9. The van der Waals surface area contributed by atoms with Crippen molar-refractivity contribution in [3.63, 3.8) is 0 Å². The Bertz CT molecular complexity index is 998. The van der Waals surface area contributed by atoms with Gasteiger partial charge in [0.15, 0.2) is 0 Å². The van der Waals surface area contributed by atoms with Crippen LogP contribution in [0.5, 0.6) is 0 Å². The highest BCUT2D eigenvalue weighted by molar-refractivity contribution is 6.21. The molecule has 2 aromatic rings. The summed E-state index contributed by atoms with van der Waals surface area (Å²) in [4.78, 5) is 15.1. The summed E-state index contributed by atoms with van der Waals surface area (Å²) in [7, 11) is 1.85. The molecule has 0 saturated heterocycles. The van der Waals surface area contributed by atoms with Crippen LogP contribution in [0.1, 0.15) is 70.8 Å². The summed E-state index contributed by atoms with van der Waals surface area (Å²) in [5.74, 6) is 0.219. The topological polar surface area (TPSA) is 56.2 Å². The van der Waals surface area contributed by atoms with Crippen LogP contribution in [0.2, 0.25) is 0 Å². The molecule has 4 nitrogen and oxygen atoms in total. The van der Waals surface area contributed by atoms with Crippen molar-refractivity contribution >= 4 is 17.2 Å². The summed E-state index contributed by atoms with van der Waals surface area (Å²) in [6.07, 6.45) is 7.46. The molecule has 0 spiro atoms. The monoisotopic (exact) mass is 401 g/mol. The predicted molar refractivity (Wildman–Crippen MR) is 123 cm³/mol. The molecule has 156 valence electrons. The van der Waals surface area contributed by atoms with Gasteiger partial charge in [0.1, 0.15) is 0 Å². The Morgan fingerprint density at radius 1 is 1.20 bits per heavy atom. The molecule has 1 saturated carbocycles. The van der Waals surface area contributed by atoms with E-state index in [-0.39, 0.29) is 5.91 Å². The van der Waals surface area contributed by atoms with E-state index in [1.165, 1.54) is 35.1 Å². The largest absolute Gasteiger partial charge is 0.393 e. The third-order valence-corrected chi connectivity index (χ3v) is 6.51. The molecule has 1 amide bonds. The molecule has 1 aliphatic heterocycles. The Morgan fingerprint density at radius 3 is 2.53 bits per heavy atom. The number of carbonyl (C=O) groups is 1. The van der Waals surface area contributed by atoms with Crippen molar-refractivity contribution in [1.82, 2.24) is 10.2 Å². The fraction of sp³-hybridized carbons (Fsp3) is 0.385. The summed E-state index contributed by atoms with van der Waals surface area (Å²) in [5, 5.41) is 11.0. The van der Waals surface area contributed by atoms with Gasteiger partial charge in [-0.05, 0) is 67.0 Å². The molecule has 0 aromatic heterocycles. The highest BCUT2D eigenvalue weighted by Crippen LogP contribution is 2.33. The van der Waals surface area contributed by atoms with Gasteiger partial charge in [-0.1, -0.05) is 43.2 Å². The highest BCUT2D eigenvalue weighted by Gasteiger charge is 2.34. The van der Waals surface area contributed by atoms with E-state index in [0.29, 0.717) is 11.8 Å². The standard InChI is InChI=1S/C26H31N3O/c1-17-12-22-16-29(23-6-4-5-7-23)26(30)24(22)14-21(17)13-19-8-10-20(11-9-19)25(15-28-3)18(2)27/h8-12,14-15,23,27-28H,4-7,13,16H2,1-3H3/b25-15+,27-18?. The Morgan fingerprint density at radius 2 is 1.90 bits per heavy atom. The molecule has 2 aromatic carbocycles. The first-order valence-electron chi connectivity index (χ1n) is 10.9. The minimum Gasteiger partial charge on any atom is -0.393 e. The smallest absolute Gasteiger partial charge is 0.254 e. The molecule has 0 unspecified atom stereocenters. The molecule has 30 heavy (non-hydrogen) atoms. The van der Waals surface area contributed by atoms with E-state index >= 15 is 0 Å². The van der Waals surface area contributed by atoms with Gasteiger partial charge in [-0.25, -0.2) is 0 Å². The van der Waals surface area contributed by atoms with Crippen molar-refractivity contribution in [2.75, 3.05) is 7.05 Å². The molecule has 0 bridgehead atoms. The lowest BCUT2D eigenvalue weighted by atomic mass is 9.94. The maximum atomic E-state index is 13.0. The minimum absolute atomic E-state index is 0.219. The lowest BCUT2D eigenvalue weighted by Crippen LogP contribution is -2.33. The summed E-state index contributed by atoms with van der Waals surface area (Å²) in [5.41, 5.74) is 8.25. The first-order chi connectivity index (χ1) is 14.5. The number of allylic oxidation sites excluding steroid dienone is 1. The second kappa shape index (κ2) is 8.47. The Labute approximate surface area is 179 Å². The van der Waals surface area contributed by atoms with Gasteiger partial charge in [-0.15, -0.1) is 0 Å². The van der Waals surface area contributed by atoms with Crippen LogP contribution in [0.3, 0.4) is 0 Å². The fourth-order valence-electron chi connectivity index (χ4n) is 4.83. The predicted octanol–water partition coefficient (Wildman–Crippen LogP) is 5.08. The highest BCUT2D eigenvalue weighted by atomic mass is 16.2. The molecule has 1 fully saturated rings. The number of nitrogens with one attached hydrogen (secondary N) is 2. The summed E-state index contributed by atoms with van der Waals surface area (Å²) >= 11 is 0. The maximum Gasteiger partial charge on any atom is 0.254 e. The minimum atomic E-state index is 0.219. The van der Waals surface area contributed by atoms with Gasteiger partial charge < -0.3 is 15.6 Å². The molecular weight excluding hydrogens is 370 g/mol. The van der Waals surface area contributed by atoms with Crippen molar-refractivity contribution in [3.8, 4) is 0 Å². The van der Waals surface area contributed by atoms with Gasteiger partial charge in [0, 0.05) is 42.7 Å². The van der Waals surface area contributed by atoms with Crippen LogP contribution in [0.15, 0.2) is 42.6 Å². The van der Waals surface area contributed by atoms with E-state index in [9.17, 15) is 4.79 Å². The molecule has 1 heterocycles. The number of benzene rings is 2. The zero-order valence-corrected chi connectivity index (χ0v) is 18.2. The molecule has 0 atom stereocenters. The Balaban J connectivity index is 1.54. The van der Waals surface area contributed by atoms with Gasteiger partial charge in [0.25, 0.3) is 5.91 Å². The Kier molecular flexibility index (Phi) is 5.76. The number of aryl methyl sites for hydroxylation is 1.